The summed E-state index contributed by atoms with van der Waals surface area (Å²) in [5.74, 6) is -0.217. The lowest BCUT2D eigenvalue weighted by Crippen LogP contribution is -3.11. The van der Waals surface area contributed by atoms with E-state index in [-0.39, 0.29) is 24.9 Å². The first-order valence-electron chi connectivity index (χ1n) is 8.50. The van der Waals surface area contributed by atoms with Crippen molar-refractivity contribution in [1.82, 2.24) is 0 Å². The van der Waals surface area contributed by atoms with Gasteiger partial charge in [0.05, 0.1) is 12.7 Å². The van der Waals surface area contributed by atoms with Gasteiger partial charge in [0.15, 0.2) is 13.1 Å². The van der Waals surface area contributed by atoms with E-state index in [0.717, 1.165) is 26.7 Å². The summed E-state index contributed by atoms with van der Waals surface area (Å²) in [6.07, 6.45) is 1.97. The second-order valence-electron chi connectivity index (χ2n) is 6.41. The summed E-state index contributed by atoms with van der Waals surface area (Å²) in [5, 5.41) is 5.80. The van der Waals surface area contributed by atoms with Crippen LogP contribution in [0.4, 0.5) is 11.4 Å². The highest BCUT2D eigenvalue weighted by atomic mass is 32.2. The van der Waals surface area contributed by atoms with E-state index in [9.17, 15) is 9.59 Å². The number of hydrogen-bond donors (Lipinski definition) is 3. The lowest BCUT2D eigenvalue weighted by molar-refractivity contribution is -0.862. The number of thioether (sulfide) groups is 1. The number of rotatable bonds is 7. The Morgan fingerprint density at radius 2 is 1.62 bits per heavy atom. The van der Waals surface area contributed by atoms with E-state index in [2.05, 4.69) is 10.6 Å². The summed E-state index contributed by atoms with van der Waals surface area (Å²) >= 11 is 1.58. The van der Waals surface area contributed by atoms with Crippen LogP contribution in [0.5, 0.6) is 0 Å². The van der Waals surface area contributed by atoms with Crippen LogP contribution in [-0.4, -0.2) is 38.2 Å². The summed E-state index contributed by atoms with van der Waals surface area (Å²) in [5.41, 5.74) is 3.91. The molecule has 0 fully saturated rings. The number of carbonyl (C=O) groups is 2. The zero-order valence-corrected chi connectivity index (χ0v) is 16.5. The minimum atomic E-state index is -0.108. The van der Waals surface area contributed by atoms with Gasteiger partial charge in [0.1, 0.15) is 0 Å². The fourth-order valence-electron chi connectivity index (χ4n) is 2.58. The molecule has 0 spiro atoms. The number of aryl methyl sites for hydroxylation is 2. The first-order chi connectivity index (χ1) is 12.4. The maximum atomic E-state index is 12.2. The van der Waals surface area contributed by atoms with Crippen LogP contribution in [0.2, 0.25) is 0 Å². The van der Waals surface area contributed by atoms with Crippen LogP contribution >= 0.6 is 11.8 Å². The molecule has 0 aliphatic carbocycles. The Morgan fingerprint density at radius 3 is 2.27 bits per heavy atom. The molecule has 3 N–H and O–H groups in total. The van der Waals surface area contributed by atoms with Crippen LogP contribution in [0, 0.1) is 13.8 Å². The van der Waals surface area contributed by atoms with Crippen LogP contribution in [0.15, 0.2) is 47.4 Å². The molecule has 0 radical (unpaired) electrons. The van der Waals surface area contributed by atoms with Crippen molar-refractivity contribution in [2.24, 2.45) is 0 Å². The molecule has 6 heteroatoms. The fourth-order valence-corrected chi connectivity index (χ4v) is 3.13. The van der Waals surface area contributed by atoms with Crippen molar-refractivity contribution < 1.29 is 14.5 Å². The van der Waals surface area contributed by atoms with E-state index in [4.69, 9.17) is 0 Å². The first kappa shape index (κ1) is 20.0. The van der Waals surface area contributed by atoms with Gasteiger partial charge in [-0.3, -0.25) is 9.59 Å². The molecule has 138 valence electrons. The molecular weight excluding hydrogens is 346 g/mol. The van der Waals surface area contributed by atoms with Gasteiger partial charge in [-0.25, -0.2) is 0 Å². The number of anilines is 2. The van der Waals surface area contributed by atoms with Crippen molar-refractivity contribution in [3.05, 3.63) is 53.6 Å². The van der Waals surface area contributed by atoms with E-state index in [1.54, 1.807) is 11.8 Å². The third kappa shape index (κ3) is 5.89. The molecule has 0 aromatic heterocycles. The van der Waals surface area contributed by atoms with Gasteiger partial charge in [-0.1, -0.05) is 18.2 Å². The average Bonchev–Trinajstić information content (AvgIpc) is 2.58. The smallest absolute Gasteiger partial charge is 0.279 e. The highest BCUT2D eigenvalue weighted by Gasteiger charge is 2.15. The maximum absolute atomic E-state index is 12.2. The molecule has 1 atom stereocenters. The molecule has 2 amide bonds. The quantitative estimate of drug-likeness (QED) is 0.653. The fraction of sp³-hybridized carbons (Fsp3) is 0.300. The largest absolute Gasteiger partial charge is 0.322 e. The number of benzene rings is 2. The average molecular weight is 373 g/mol. The first-order valence-corrected chi connectivity index (χ1v) is 9.72. The number of amides is 2. The Morgan fingerprint density at radius 1 is 0.962 bits per heavy atom. The van der Waals surface area contributed by atoms with E-state index < -0.39 is 0 Å². The highest BCUT2D eigenvalue weighted by molar-refractivity contribution is 7.98. The van der Waals surface area contributed by atoms with Crippen molar-refractivity contribution in [2.75, 3.05) is 37.0 Å². The predicted molar refractivity (Wildman–Crippen MR) is 108 cm³/mol. The number of quaternary nitrogens is 1. The minimum Gasteiger partial charge on any atom is -0.322 e. The summed E-state index contributed by atoms with van der Waals surface area (Å²) in [4.78, 5) is 26.3. The lowest BCUT2D eigenvalue weighted by Gasteiger charge is -2.15. The maximum Gasteiger partial charge on any atom is 0.279 e. The highest BCUT2D eigenvalue weighted by Crippen LogP contribution is 2.24. The molecule has 0 aliphatic heterocycles. The molecule has 2 rings (SSSR count). The third-order valence-electron chi connectivity index (χ3n) is 4.10. The molecule has 0 saturated heterocycles. The second-order valence-corrected chi connectivity index (χ2v) is 7.25. The van der Waals surface area contributed by atoms with Gasteiger partial charge < -0.3 is 15.5 Å². The molecule has 2 aromatic rings. The summed E-state index contributed by atoms with van der Waals surface area (Å²) in [7, 11) is 1.83. The molecule has 26 heavy (non-hydrogen) atoms. The summed E-state index contributed by atoms with van der Waals surface area (Å²) in [6.45, 7) is 4.50. The second kappa shape index (κ2) is 9.40. The van der Waals surface area contributed by atoms with E-state index in [1.165, 1.54) is 5.56 Å². The Kier molecular flexibility index (Phi) is 7.24. The van der Waals surface area contributed by atoms with Gasteiger partial charge in [0.2, 0.25) is 0 Å². The van der Waals surface area contributed by atoms with Gasteiger partial charge in [0, 0.05) is 10.6 Å². The minimum absolute atomic E-state index is 0.108. The van der Waals surface area contributed by atoms with E-state index in [0.29, 0.717) is 0 Å². The van der Waals surface area contributed by atoms with Gasteiger partial charge in [0.25, 0.3) is 11.8 Å². The summed E-state index contributed by atoms with van der Waals surface area (Å²) in [6, 6.07) is 13.5. The molecular formula is C20H26N3O2S+. The number of carbonyl (C=O) groups excluding carboxylic acids is 2. The van der Waals surface area contributed by atoms with Crippen LogP contribution < -0.4 is 15.5 Å². The molecule has 1 unspecified atom stereocenters. The Bertz CT molecular complexity index is 792. The van der Waals surface area contributed by atoms with Gasteiger partial charge in [-0.2, -0.15) is 0 Å². The lowest BCUT2D eigenvalue weighted by atomic mass is 10.1. The van der Waals surface area contributed by atoms with Crippen molar-refractivity contribution in [3.63, 3.8) is 0 Å². The standard InChI is InChI=1S/C20H25N3O2S/c1-14-9-10-16(11-15(14)2)21-19(24)12-23(3)13-20(25)22-17-7-5-6-8-18(17)26-4/h5-11H,12-13H2,1-4H3,(H,21,24)(H,22,25)/p+1. The molecule has 0 aliphatic rings. The Labute approximate surface area is 159 Å². The Balaban J connectivity index is 1.85. The normalized spacial score (nSPS) is 11.7. The van der Waals surface area contributed by atoms with Crippen molar-refractivity contribution >= 4 is 35.0 Å². The number of likely N-dealkylation sites (N-methyl/N-ethyl adjacent to an activating group) is 1. The van der Waals surface area contributed by atoms with E-state index >= 15 is 0 Å². The topological polar surface area (TPSA) is 62.6 Å². The van der Waals surface area contributed by atoms with Gasteiger partial charge >= 0.3 is 0 Å². The van der Waals surface area contributed by atoms with Crippen LogP contribution in [0.25, 0.3) is 0 Å². The SMILES string of the molecule is CSc1ccccc1NC(=O)C[NH+](C)CC(=O)Nc1ccc(C)c(C)c1. The van der Waals surface area contributed by atoms with E-state index in [1.807, 2.05) is 69.6 Å². The zero-order valence-electron chi connectivity index (χ0n) is 15.7. The number of para-hydroxylation sites is 1. The predicted octanol–water partition coefficient (Wildman–Crippen LogP) is 2.12. The number of hydrogen-bond acceptors (Lipinski definition) is 3. The third-order valence-corrected chi connectivity index (χ3v) is 4.89. The molecule has 0 heterocycles. The molecule has 5 nitrogen and oxygen atoms in total. The summed E-state index contributed by atoms with van der Waals surface area (Å²) < 4.78 is 0. The molecule has 2 aromatic carbocycles. The van der Waals surface area contributed by atoms with Crippen LogP contribution in [-0.2, 0) is 9.59 Å². The number of nitrogens with one attached hydrogen (secondary N) is 3. The van der Waals surface area contributed by atoms with Crippen molar-refractivity contribution in [1.29, 1.82) is 0 Å². The Hall–Kier alpha value is -2.31. The van der Waals surface area contributed by atoms with Crippen LogP contribution in [0.1, 0.15) is 11.1 Å². The van der Waals surface area contributed by atoms with Crippen molar-refractivity contribution in [3.8, 4) is 0 Å². The molecule has 0 bridgehead atoms. The van der Waals surface area contributed by atoms with Crippen LogP contribution in [0.3, 0.4) is 0 Å². The van der Waals surface area contributed by atoms with Crippen molar-refractivity contribution in [2.45, 2.75) is 18.7 Å². The zero-order chi connectivity index (χ0) is 19.1. The molecule has 0 saturated carbocycles. The monoisotopic (exact) mass is 372 g/mol. The van der Waals surface area contributed by atoms with Gasteiger partial charge in [-0.05, 0) is 55.5 Å². The van der Waals surface area contributed by atoms with Gasteiger partial charge in [-0.15, -0.1) is 11.8 Å².